The molecule has 96 valence electrons. The van der Waals surface area contributed by atoms with Crippen LogP contribution in [-0.2, 0) is 14.3 Å². The average Bonchev–Trinajstić information content (AvgIpc) is 2.33. The zero-order chi connectivity index (χ0) is 13.3. The molecule has 2 unspecified atom stereocenters. The second-order valence-corrected chi connectivity index (χ2v) is 4.08. The molecule has 1 aliphatic rings. The van der Waals surface area contributed by atoms with Crippen LogP contribution < -0.4 is 0 Å². The van der Waals surface area contributed by atoms with Crippen molar-refractivity contribution in [3.8, 4) is 5.75 Å². The number of para-hydroxylation sites is 1. The minimum atomic E-state index is -1.17. The third kappa shape index (κ3) is 2.02. The Bertz CT molecular complexity index is 487. The van der Waals surface area contributed by atoms with Gasteiger partial charge in [-0.15, -0.1) is 0 Å². The Labute approximate surface area is 103 Å². The molecule has 2 N–H and O–H groups in total. The van der Waals surface area contributed by atoms with Crippen molar-refractivity contribution in [2.75, 3.05) is 13.7 Å². The zero-order valence-electron chi connectivity index (χ0n) is 9.74. The van der Waals surface area contributed by atoms with Crippen LogP contribution in [0.1, 0.15) is 11.7 Å². The van der Waals surface area contributed by atoms with Crippen LogP contribution in [0.3, 0.4) is 0 Å². The first-order chi connectivity index (χ1) is 8.52. The summed E-state index contributed by atoms with van der Waals surface area (Å²) in [7, 11) is 1.41. The molecule has 0 spiro atoms. The SMILES string of the molecule is CN1C(=O)COC(c2ccccc2O)C1C(=O)O. The predicted molar refractivity (Wildman–Crippen MR) is 61.0 cm³/mol. The number of nitrogens with zero attached hydrogens (tertiary/aromatic N) is 1. The van der Waals surface area contributed by atoms with Crippen LogP contribution in [0.4, 0.5) is 0 Å². The number of hydrogen-bond acceptors (Lipinski definition) is 4. The minimum absolute atomic E-state index is 0.0449. The van der Waals surface area contributed by atoms with Crippen molar-refractivity contribution in [1.82, 2.24) is 4.90 Å². The Kier molecular flexibility index (Phi) is 3.20. The van der Waals surface area contributed by atoms with Gasteiger partial charge in [-0.3, -0.25) is 4.79 Å². The van der Waals surface area contributed by atoms with Crippen molar-refractivity contribution >= 4 is 11.9 Å². The van der Waals surface area contributed by atoms with Crippen molar-refractivity contribution in [1.29, 1.82) is 0 Å². The highest BCUT2D eigenvalue weighted by Crippen LogP contribution is 2.33. The van der Waals surface area contributed by atoms with E-state index in [-0.39, 0.29) is 12.4 Å². The summed E-state index contributed by atoms with van der Waals surface area (Å²) in [5.41, 5.74) is 0.365. The Morgan fingerprint density at radius 1 is 1.44 bits per heavy atom. The van der Waals surface area contributed by atoms with E-state index in [0.717, 1.165) is 4.90 Å². The van der Waals surface area contributed by atoms with E-state index < -0.39 is 24.0 Å². The summed E-state index contributed by atoms with van der Waals surface area (Å²) in [6.45, 7) is -0.195. The number of hydrogen-bond donors (Lipinski definition) is 2. The maximum Gasteiger partial charge on any atom is 0.329 e. The molecule has 6 heteroatoms. The predicted octanol–water partition coefficient (Wildman–Crippen LogP) is 0.375. The number of carbonyl (C=O) groups is 2. The summed E-state index contributed by atoms with van der Waals surface area (Å²) in [6.07, 6.45) is -0.869. The van der Waals surface area contributed by atoms with E-state index in [1.807, 2.05) is 0 Å². The number of morpholine rings is 1. The largest absolute Gasteiger partial charge is 0.508 e. The van der Waals surface area contributed by atoms with E-state index in [1.165, 1.54) is 13.1 Å². The highest BCUT2D eigenvalue weighted by atomic mass is 16.5. The van der Waals surface area contributed by atoms with Gasteiger partial charge in [0.05, 0.1) is 0 Å². The topological polar surface area (TPSA) is 87.1 Å². The number of benzene rings is 1. The van der Waals surface area contributed by atoms with Crippen LogP contribution in [0.25, 0.3) is 0 Å². The van der Waals surface area contributed by atoms with E-state index in [0.29, 0.717) is 5.56 Å². The van der Waals surface area contributed by atoms with Crippen molar-refractivity contribution in [2.24, 2.45) is 0 Å². The van der Waals surface area contributed by atoms with Crippen molar-refractivity contribution in [2.45, 2.75) is 12.1 Å². The maximum atomic E-state index is 11.4. The highest BCUT2D eigenvalue weighted by Gasteiger charge is 2.41. The molecule has 6 nitrogen and oxygen atoms in total. The average molecular weight is 251 g/mol. The lowest BCUT2D eigenvalue weighted by Crippen LogP contribution is -2.52. The Morgan fingerprint density at radius 2 is 2.11 bits per heavy atom. The first kappa shape index (κ1) is 12.4. The van der Waals surface area contributed by atoms with Gasteiger partial charge in [0, 0.05) is 12.6 Å². The third-order valence-corrected chi connectivity index (χ3v) is 2.98. The third-order valence-electron chi connectivity index (χ3n) is 2.98. The molecule has 1 aliphatic heterocycles. The van der Waals surface area contributed by atoms with Crippen LogP contribution in [-0.4, -0.2) is 46.7 Å². The van der Waals surface area contributed by atoms with Crippen LogP contribution in [0.2, 0.25) is 0 Å². The summed E-state index contributed by atoms with van der Waals surface area (Å²) < 4.78 is 5.27. The lowest BCUT2D eigenvalue weighted by atomic mass is 9.98. The Hall–Kier alpha value is -2.08. The van der Waals surface area contributed by atoms with Crippen molar-refractivity contribution in [3.05, 3.63) is 29.8 Å². The molecule has 0 saturated carbocycles. The summed E-state index contributed by atoms with van der Waals surface area (Å²) in [4.78, 5) is 23.8. The van der Waals surface area contributed by atoms with Gasteiger partial charge >= 0.3 is 5.97 Å². The van der Waals surface area contributed by atoms with Gasteiger partial charge in [-0.2, -0.15) is 0 Å². The van der Waals surface area contributed by atoms with Crippen LogP contribution in [0, 0.1) is 0 Å². The maximum absolute atomic E-state index is 11.4. The van der Waals surface area contributed by atoms with Gasteiger partial charge in [0.1, 0.15) is 18.5 Å². The number of aliphatic carboxylic acids is 1. The van der Waals surface area contributed by atoms with E-state index in [1.54, 1.807) is 18.2 Å². The molecule has 0 bridgehead atoms. The van der Waals surface area contributed by atoms with Gasteiger partial charge in [-0.05, 0) is 6.07 Å². The molecule has 1 aromatic carbocycles. The fraction of sp³-hybridized carbons (Fsp3) is 0.333. The van der Waals surface area contributed by atoms with Gasteiger partial charge in [0.15, 0.2) is 6.04 Å². The summed E-state index contributed by atoms with van der Waals surface area (Å²) in [5, 5.41) is 18.9. The van der Waals surface area contributed by atoms with Crippen LogP contribution >= 0.6 is 0 Å². The molecule has 18 heavy (non-hydrogen) atoms. The molecular formula is C12H13NO5. The Balaban J connectivity index is 2.40. The molecule has 2 atom stereocenters. The number of amides is 1. The summed E-state index contributed by atoms with van der Waals surface area (Å²) >= 11 is 0. The minimum Gasteiger partial charge on any atom is -0.508 e. The number of aromatic hydroxyl groups is 1. The van der Waals surface area contributed by atoms with E-state index in [9.17, 15) is 19.8 Å². The van der Waals surface area contributed by atoms with Crippen molar-refractivity contribution < 1.29 is 24.5 Å². The lowest BCUT2D eigenvalue weighted by molar-refractivity contribution is -0.169. The second kappa shape index (κ2) is 4.66. The Morgan fingerprint density at radius 3 is 2.72 bits per heavy atom. The van der Waals surface area contributed by atoms with E-state index >= 15 is 0 Å². The van der Waals surface area contributed by atoms with E-state index in [4.69, 9.17) is 4.74 Å². The van der Waals surface area contributed by atoms with E-state index in [2.05, 4.69) is 0 Å². The van der Waals surface area contributed by atoms with Gasteiger partial charge in [0.2, 0.25) is 5.91 Å². The number of rotatable bonds is 2. The molecule has 1 heterocycles. The zero-order valence-corrected chi connectivity index (χ0v) is 9.74. The molecule has 1 saturated heterocycles. The number of carboxylic acids is 1. The smallest absolute Gasteiger partial charge is 0.329 e. The molecule has 2 rings (SSSR count). The van der Waals surface area contributed by atoms with Gasteiger partial charge < -0.3 is 19.8 Å². The lowest BCUT2D eigenvalue weighted by Gasteiger charge is -2.36. The number of carbonyl (C=O) groups excluding carboxylic acids is 1. The van der Waals surface area contributed by atoms with Gasteiger partial charge in [-0.1, -0.05) is 18.2 Å². The molecule has 0 radical (unpaired) electrons. The molecule has 1 amide bonds. The van der Waals surface area contributed by atoms with Gasteiger partial charge in [-0.25, -0.2) is 4.79 Å². The molecular weight excluding hydrogens is 238 g/mol. The van der Waals surface area contributed by atoms with Crippen molar-refractivity contribution in [3.63, 3.8) is 0 Å². The summed E-state index contributed by atoms with van der Waals surface area (Å²) in [6, 6.07) is 5.20. The number of phenolic OH excluding ortho intramolecular Hbond substituents is 1. The first-order valence-corrected chi connectivity index (χ1v) is 5.40. The van der Waals surface area contributed by atoms with Crippen LogP contribution in [0.5, 0.6) is 5.75 Å². The molecule has 0 aliphatic carbocycles. The number of ether oxygens (including phenoxy) is 1. The second-order valence-electron chi connectivity index (χ2n) is 4.08. The van der Waals surface area contributed by atoms with Gasteiger partial charge in [0.25, 0.3) is 0 Å². The first-order valence-electron chi connectivity index (χ1n) is 5.40. The number of likely N-dealkylation sites (N-methyl/N-ethyl adjacent to an activating group) is 1. The monoisotopic (exact) mass is 251 g/mol. The molecule has 1 fully saturated rings. The quantitative estimate of drug-likeness (QED) is 0.793. The number of carboxylic acid groups (broad SMARTS) is 1. The standard InChI is InChI=1S/C12H13NO5/c1-13-9(15)6-18-11(10(13)12(16)17)7-4-2-3-5-8(7)14/h2-5,10-11,14H,6H2,1H3,(H,16,17). The molecule has 1 aromatic rings. The fourth-order valence-corrected chi connectivity index (χ4v) is 2.00. The van der Waals surface area contributed by atoms with Crippen LogP contribution in [0.15, 0.2) is 24.3 Å². The molecule has 0 aromatic heterocycles. The normalized spacial score (nSPS) is 24.1. The summed E-state index contributed by atoms with van der Waals surface area (Å²) in [5.74, 6) is -1.61. The highest BCUT2D eigenvalue weighted by molar-refractivity contribution is 5.86. The fourth-order valence-electron chi connectivity index (χ4n) is 2.00. The number of phenols is 1.